The molecule has 0 unspecified atom stereocenters. The fourth-order valence-corrected chi connectivity index (χ4v) is 4.54. The summed E-state index contributed by atoms with van der Waals surface area (Å²) < 4.78 is 33.9. The van der Waals surface area contributed by atoms with Crippen LogP contribution in [0.3, 0.4) is 0 Å². The minimum atomic E-state index is -0.325. The molecule has 15 heteroatoms. The number of benzene rings is 4. The fourth-order valence-electron chi connectivity index (χ4n) is 4.54. The maximum Gasteiger partial charge on any atom is 0.203 e. The van der Waals surface area contributed by atoms with E-state index in [1.54, 1.807) is 18.2 Å². The van der Waals surface area contributed by atoms with E-state index in [2.05, 4.69) is 39.5 Å². The zero-order chi connectivity index (χ0) is 41.0. The largest absolute Gasteiger partial charge is 0.724 e. The zero-order valence-corrected chi connectivity index (χ0v) is 31.1. The van der Waals surface area contributed by atoms with Gasteiger partial charge < -0.3 is 58.6 Å². The Kier molecular flexibility index (Phi) is 16.6. The number of ether oxygens (including phenoxy) is 6. The van der Waals surface area contributed by atoms with Gasteiger partial charge in [0.25, 0.3) is 0 Å². The summed E-state index contributed by atoms with van der Waals surface area (Å²) in [5, 5.41) is 40.8. The highest BCUT2D eigenvalue weighted by atomic mass is 16.9. The van der Waals surface area contributed by atoms with Crippen molar-refractivity contribution in [1.82, 2.24) is 0 Å². The van der Waals surface area contributed by atoms with Crippen LogP contribution < -0.4 is 58.6 Å². The molecular weight excluding hydrogens is 738 g/mol. The highest BCUT2D eigenvalue weighted by Crippen LogP contribution is 2.39. The summed E-state index contributed by atoms with van der Waals surface area (Å²) >= 11 is 0. The summed E-state index contributed by atoms with van der Waals surface area (Å²) in [5.74, 6) is 1.07. The van der Waals surface area contributed by atoms with Crippen molar-refractivity contribution in [2.75, 3.05) is 55.3 Å². The lowest BCUT2D eigenvalue weighted by atomic mass is 10.2. The number of nitrogens with zero attached hydrogens (tertiary/aromatic N) is 3. The van der Waals surface area contributed by atoms with Crippen molar-refractivity contribution in [3.8, 4) is 51.7 Å². The zero-order valence-electron chi connectivity index (χ0n) is 31.1. The summed E-state index contributed by atoms with van der Waals surface area (Å²) in [6.07, 6.45) is 9.26. The second-order valence-corrected chi connectivity index (χ2v) is 11.1. The summed E-state index contributed by atoms with van der Waals surface area (Å²) in [5.41, 5.74) is -0.0171. The van der Waals surface area contributed by atoms with E-state index in [0.717, 1.165) is 0 Å². The number of hydrogen-bond donors (Lipinski definition) is 0. The van der Waals surface area contributed by atoms with Gasteiger partial charge in [0.1, 0.15) is 39.6 Å². The predicted molar refractivity (Wildman–Crippen MR) is 219 cm³/mol. The molecule has 0 aliphatic rings. The summed E-state index contributed by atoms with van der Waals surface area (Å²) in [4.78, 5) is 16.9. The van der Waals surface area contributed by atoms with E-state index in [4.69, 9.17) is 42.9 Å². The van der Waals surface area contributed by atoms with E-state index < -0.39 is 0 Å². The maximum absolute atomic E-state index is 13.5. The molecule has 0 spiro atoms. The van der Waals surface area contributed by atoms with E-state index in [-0.39, 0.29) is 107 Å². The topological polar surface area (TPSA) is 162 Å². The van der Waals surface area contributed by atoms with E-state index >= 15 is 0 Å². The Bertz CT molecular complexity index is 1990. The molecule has 0 N–H and O–H groups in total. The Labute approximate surface area is 330 Å². The number of hydrogen-bond acceptors (Lipinski definition) is 15. The van der Waals surface area contributed by atoms with Gasteiger partial charge in [0.05, 0.1) is 17.1 Å². The Hall–Kier alpha value is -7.20. The molecule has 0 atom stereocenters. The van der Waals surface area contributed by atoms with Gasteiger partial charge in [-0.25, -0.2) is 0 Å². The molecule has 0 aromatic heterocycles. The van der Waals surface area contributed by atoms with E-state index in [9.17, 15) is 15.6 Å². The molecule has 15 nitrogen and oxygen atoms in total. The minimum absolute atomic E-state index is 0.00915. The van der Waals surface area contributed by atoms with Gasteiger partial charge in [0.2, 0.25) is 5.75 Å². The van der Waals surface area contributed by atoms with Crippen molar-refractivity contribution < 1.29 is 42.9 Å². The normalized spacial score (nSPS) is 10.2. The molecule has 57 heavy (non-hydrogen) atoms. The third kappa shape index (κ3) is 12.4. The van der Waals surface area contributed by atoms with Crippen molar-refractivity contribution in [1.29, 1.82) is 0 Å². The van der Waals surface area contributed by atoms with Crippen molar-refractivity contribution in [3.05, 3.63) is 164 Å². The highest BCUT2D eigenvalue weighted by Gasteiger charge is 2.17. The molecule has 0 saturated carbocycles. The van der Waals surface area contributed by atoms with Crippen LogP contribution in [0.5, 0.6) is 51.7 Å². The molecule has 0 aliphatic carbocycles. The van der Waals surface area contributed by atoms with Crippen LogP contribution in [-0.4, -0.2) is 39.6 Å². The summed E-state index contributed by atoms with van der Waals surface area (Å²) in [6, 6.07) is 16.8. The van der Waals surface area contributed by atoms with Gasteiger partial charge in [-0.3, -0.25) is 15.7 Å². The smallest absolute Gasteiger partial charge is 0.203 e. The molecule has 0 fully saturated rings. The first-order chi connectivity index (χ1) is 27.7. The first-order valence-corrected chi connectivity index (χ1v) is 17.2. The molecule has 0 heterocycles. The number of rotatable bonds is 27. The minimum Gasteiger partial charge on any atom is -0.724 e. The third-order valence-corrected chi connectivity index (χ3v) is 7.02. The van der Waals surface area contributed by atoms with Crippen molar-refractivity contribution in [3.63, 3.8) is 0 Å². The lowest BCUT2D eigenvalue weighted by Crippen LogP contribution is -2.24. The van der Waals surface area contributed by atoms with Crippen LogP contribution in [0.2, 0.25) is 0 Å². The first-order valence-electron chi connectivity index (χ1n) is 17.2. The molecule has 0 bridgehead atoms. The molecule has 4 aromatic carbocycles. The van der Waals surface area contributed by atoms with Crippen LogP contribution in [0, 0.1) is 15.6 Å². The summed E-state index contributed by atoms with van der Waals surface area (Å²) in [6.45, 7) is 22.8. The van der Waals surface area contributed by atoms with E-state index in [0.29, 0.717) is 17.2 Å². The molecular formula is C42H42N3O12-3. The second-order valence-electron chi connectivity index (χ2n) is 11.1. The summed E-state index contributed by atoms with van der Waals surface area (Å²) in [7, 11) is 0. The third-order valence-electron chi connectivity index (χ3n) is 7.02. The van der Waals surface area contributed by atoms with Crippen molar-refractivity contribution in [2.24, 2.45) is 0 Å². The molecule has 4 aromatic rings. The molecule has 0 amide bonds. The van der Waals surface area contributed by atoms with Gasteiger partial charge in [0, 0.05) is 24.3 Å². The van der Waals surface area contributed by atoms with Crippen molar-refractivity contribution >= 4 is 17.1 Å². The van der Waals surface area contributed by atoms with E-state index in [1.165, 1.54) is 91.0 Å². The fraction of sp³-hybridized carbons (Fsp3) is 0.143. The Morgan fingerprint density at radius 2 is 0.649 bits per heavy atom. The van der Waals surface area contributed by atoms with Crippen LogP contribution in [0.15, 0.2) is 149 Å². The first kappa shape index (κ1) is 42.5. The monoisotopic (exact) mass is 780 g/mol. The van der Waals surface area contributed by atoms with E-state index in [1.807, 2.05) is 0 Å². The van der Waals surface area contributed by atoms with Gasteiger partial charge in [-0.2, -0.15) is 0 Å². The molecule has 0 radical (unpaired) electrons. The second kappa shape index (κ2) is 22.2. The highest BCUT2D eigenvalue weighted by molar-refractivity contribution is 5.60. The van der Waals surface area contributed by atoms with Crippen molar-refractivity contribution in [2.45, 2.75) is 0 Å². The van der Waals surface area contributed by atoms with Gasteiger partial charge in [-0.05, 0) is 48.5 Å². The Balaban J connectivity index is 1.68. The van der Waals surface area contributed by atoms with Crippen LogP contribution in [0.1, 0.15) is 0 Å². The average molecular weight is 781 g/mol. The average Bonchev–Trinajstić information content (AvgIpc) is 3.22. The number of anilines is 3. The van der Waals surface area contributed by atoms with Crippen LogP contribution in [-0.2, 0) is 0 Å². The van der Waals surface area contributed by atoms with Gasteiger partial charge >= 0.3 is 0 Å². The van der Waals surface area contributed by atoms with Gasteiger partial charge in [-0.15, -0.1) is 0 Å². The van der Waals surface area contributed by atoms with Crippen LogP contribution >= 0.6 is 0 Å². The maximum atomic E-state index is 13.5. The van der Waals surface area contributed by atoms with Crippen LogP contribution in [0.4, 0.5) is 17.1 Å². The SMILES string of the molecule is C=CCOc1ccc(N([O-])Oc2ccc(ON([O-])c3ccc(OCC=C)c(OCC=C)c3)c(ON([O-])c3ccc(OCC=C)c(OCC=C)c3)c2)cc1OCC=C. The van der Waals surface area contributed by atoms with Crippen LogP contribution in [0.25, 0.3) is 0 Å². The molecule has 0 saturated heterocycles. The standard InChI is InChI=1S/C42H42N3O12/c1-7-21-49-35-17-13-31(27-39(35)52-24-10-4)43(46)55-34-16-20-38(56-44(47)32-14-18-36(50-22-8-2)40(28-32)53-25-11-5)42(30-34)57-45(48)33-15-19-37(51-23-9-3)41(29-33)54-26-12-6/h7-20,27-30H,1-6,21-26H2/q-3. The lowest BCUT2D eigenvalue weighted by molar-refractivity contribution is 0.262. The van der Waals surface area contributed by atoms with Gasteiger partial charge in [-0.1, -0.05) is 75.9 Å². The lowest BCUT2D eigenvalue weighted by Gasteiger charge is -2.34. The predicted octanol–water partition coefficient (Wildman–Crippen LogP) is 8.97. The molecule has 0 aliphatic heterocycles. The Morgan fingerprint density at radius 3 is 1.00 bits per heavy atom. The molecule has 4 rings (SSSR count). The quantitative estimate of drug-likeness (QED) is 0.0416. The van der Waals surface area contributed by atoms with Gasteiger partial charge in [0.15, 0.2) is 46.0 Å². The Morgan fingerprint density at radius 1 is 0.351 bits per heavy atom. The molecule has 300 valence electrons.